The van der Waals surface area contributed by atoms with Gasteiger partial charge in [0.1, 0.15) is 0 Å². The van der Waals surface area contributed by atoms with Crippen molar-refractivity contribution in [2.75, 3.05) is 0 Å². The number of benzene rings is 1. The third kappa shape index (κ3) is 1.83. The first-order valence-electron chi connectivity index (χ1n) is 4.32. The van der Waals surface area contributed by atoms with Crippen LogP contribution in [0, 0.1) is 11.3 Å². The number of carbonyl (C=O) groups is 1. The fraction of sp³-hybridized carbons (Fsp3) is 0.0909. The van der Waals surface area contributed by atoms with Crippen LogP contribution in [0.4, 0.5) is 0 Å². The number of aliphatic carboxylic acids is 1. The zero-order valence-corrected chi connectivity index (χ0v) is 8.54. The molecule has 1 heterocycles. The molecule has 0 bridgehead atoms. The third-order valence-corrected chi connectivity index (χ3v) is 3.14. The molecule has 3 nitrogen and oxygen atoms in total. The minimum Gasteiger partial charge on any atom is -0.481 e. The van der Waals surface area contributed by atoms with Crippen molar-refractivity contribution in [1.29, 1.82) is 5.26 Å². The Kier molecular flexibility index (Phi) is 2.40. The Morgan fingerprint density at radius 3 is 3.00 bits per heavy atom. The van der Waals surface area contributed by atoms with Crippen molar-refractivity contribution < 1.29 is 9.90 Å². The van der Waals surface area contributed by atoms with E-state index in [1.54, 1.807) is 12.1 Å². The number of hydrogen-bond donors (Lipinski definition) is 1. The van der Waals surface area contributed by atoms with Crippen LogP contribution in [0.1, 0.15) is 11.1 Å². The first-order valence-corrected chi connectivity index (χ1v) is 5.20. The van der Waals surface area contributed by atoms with Crippen LogP contribution in [0.25, 0.3) is 10.1 Å². The fourth-order valence-corrected chi connectivity index (χ4v) is 2.39. The Bertz CT molecular complexity index is 565. The molecule has 4 heteroatoms. The molecule has 2 rings (SSSR count). The normalized spacial score (nSPS) is 10.1. The van der Waals surface area contributed by atoms with Gasteiger partial charge in [-0.3, -0.25) is 4.79 Å². The van der Waals surface area contributed by atoms with Crippen LogP contribution in [0.3, 0.4) is 0 Å². The van der Waals surface area contributed by atoms with E-state index in [4.69, 9.17) is 10.4 Å². The molecule has 2 aromatic rings. The Labute approximate surface area is 90.2 Å². The Balaban J connectivity index is 2.57. The van der Waals surface area contributed by atoms with Crippen molar-refractivity contribution in [2.24, 2.45) is 0 Å². The van der Waals surface area contributed by atoms with E-state index in [-0.39, 0.29) is 6.42 Å². The van der Waals surface area contributed by atoms with Gasteiger partial charge in [0.15, 0.2) is 0 Å². The van der Waals surface area contributed by atoms with Crippen LogP contribution < -0.4 is 0 Å². The number of fused-ring (bicyclic) bond motifs is 1. The predicted molar refractivity (Wildman–Crippen MR) is 57.9 cm³/mol. The van der Waals surface area contributed by atoms with Crippen molar-refractivity contribution in [1.82, 2.24) is 0 Å². The molecule has 0 radical (unpaired) electrons. The quantitative estimate of drug-likeness (QED) is 0.840. The molecular formula is C11H7NO2S. The van der Waals surface area contributed by atoms with Crippen LogP contribution in [-0.2, 0) is 11.2 Å². The number of thiophene rings is 1. The molecule has 74 valence electrons. The van der Waals surface area contributed by atoms with Crippen molar-refractivity contribution >= 4 is 27.4 Å². The van der Waals surface area contributed by atoms with Crippen molar-refractivity contribution in [3.8, 4) is 6.07 Å². The standard InChI is InChI=1S/C11H7NO2S/c12-5-7-1-2-10-9(3-7)8(6-15-10)4-11(13)14/h1-3,6H,4H2,(H,13,14). The number of rotatable bonds is 2. The molecule has 1 aromatic carbocycles. The molecule has 1 N–H and O–H groups in total. The summed E-state index contributed by atoms with van der Waals surface area (Å²) < 4.78 is 1.02. The Morgan fingerprint density at radius 2 is 2.33 bits per heavy atom. The average molecular weight is 217 g/mol. The molecular weight excluding hydrogens is 210 g/mol. The third-order valence-electron chi connectivity index (χ3n) is 2.12. The van der Waals surface area contributed by atoms with Crippen LogP contribution >= 0.6 is 11.3 Å². The summed E-state index contributed by atoms with van der Waals surface area (Å²) in [6.07, 6.45) is 0.00881. The van der Waals surface area contributed by atoms with Gasteiger partial charge < -0.3 is 5.11 Å². The summed E-state index contributed by atoms with van der Waals surface area (Å²) in [6.45, 7) is 0. The lowest BCUT2D eigenvalue weighted by Gasteiger charge is -1.95. The fourth-order valence-electron chi connectivity index (χ4n) is 1.45. The lowest BCUT2D eigenvalue weighted by Crippen LogP contribution is -1.98. The molecule has 0 aliphatic carbocycles. The van der Waals surface area contributed by atoms with Gasteiger partial charge in [-0.15, -0.1) is 11.3 Å². The number of nitriles is 1. The molecule has 15 heavy (non-hydrogen) atoms. The Hall–Kier alpha value is -1.86. The maximum absolute atomic E-state index is 10.6. The maximum Gasteiger partial charge on any atom is 0.307 e. The van der Waals surface area contributed by atoms with E-state index in [1.165, 1.54) is 11.3 Å². The van der Waals surface area contributed by atoms with E-state index in [1.807, 2.05) is 17.5 Å². The summed E-state index contributed by atoms with van der Waals surface area (Å²) in [4.78, 5) is 10.6. The van der Waals surface area contributed by atoms with E-state index in [0.717, 1.165) is 15.6 Å². The molecule has 0 amide bonds. The van der Waals surface area contributed by atoms with Crippen molar-refractivity contribution in [3.63, 3.8) is 0 Å². The molecule has 0 spiro atoms. The lowest BCUT2D eigenvalue weighted by atomic mass is 10.1. The highest BCUT2D eigenvalue weighted by Gasteiger charge is 2.08. The van der Waals surface area contributed by atoms with E-state index in [9.17, 15) is 4.79 Å². The first kappa shape index (κ1) is 9.69. The molecule has 0 saturated carbocycles. The van der Waals surface area contributed by atoms with Crippen LogP contribution in [-0.4, -0.2) is 11.1 Å². The summed E-state index contributed by atoms with van der Waals surface area (Å²) in [5, 5.41) is 20.2. The summed E-state index contributed by atoms with van der Waals surface area (Å²) in [6, 6.07) is 7.38. The van der Waals surface area contributed by atoms with Gasteiger partial charge in [-0.25, -0.2) is 0 Å². The number of carboxylic acid groups (broad SMARTS) is 1. The highest BCUT2D eigenvalue weighted by Crippen LogP contribution is 2.27. The van der Waals surface area contributed by atoms with Crippen LogP contribution in [0.5, 0.6) is 0 Å². The Morgan fingerprint density at radius 1 is 1.53 bits per heavy atom. The van der Waals surface area contributed by atoms with Gasteiger partial charge in [0.05, 0.1) is 18.1 Å². The van der Waals surface area contributed by atoms with Crippen LogP contribution in [0.15, 0.2) is 23.6 Å². The second-order valence-electron chi connectivity index (χ2n) is 3.15. The van der Waals surface area contributed by atoms with Gasteiger partial charge in [-0.05, 0) is 34.5 Å². The van der Waals surface area contributed by atoms with Gasteiger partial charge >= 0.3 is 5.97 Å². The highest BCUT2D eigenvalue weighted by molar-refractivity contribution is 7.17. The van der Waals surface area contributed by atoms with Gasteiger partial charge in [0, 0.05) is 4.70 Å². The molecule has 0 saturated heterocycles. The first-order chi connectivity index (χ1) is 7.20. The SMILES string of the molecule is N#Cc1ccc2scc(CC(=O)O)c2c1. The lowest BCUT2D eigenvalue weighted by molar-refractivity contribution is -0.136. The van der Waals surface area contributed by atoms with Crippen molar-refractivity contribution in [2.45, 2.75) is 6.42 Å². The average Bonchev–Trinajstić information content (AvgIpc) is 2.60. The number of nitrogens with zero attached hydrogens (tertiary/aromatic N) is 1. The number of carboxylic acids is 1. The molecule has 0 aliphatic heterocycles. The summed E-state index contributed by atoms with van der Waals surface area (Å²) in [5.41, 5.74) is 1.34. The molecule has 0 unspecified atom stereocenters. The van der Waals surface area contributed by atoms with E-state index in [2.05, 4.69) is 0 Å². The molecule has 0 aliphatic rings. The largest absolute Gasteiger partial charge is 0.481 e. The van der Waals surface area contributed by atoms with Gasteiger partial charge in [-0.2, -0.15) is 5.26 Å². The van der Waals surface area contributed by atoms with Gasteiger partial charge in [-0.1, -0.05) is 0 Å². The highest BCUT2D eigenvalue weighted by atomic mass is 32.1. The zero-order chi connectivity index (χ0) is 10.8. The summed E-state index contributed by atoms with van der Waals surface area (Å²) >= 11 is 1.50. The maximum atomic E-state index is 10.6. The van der Waals surface area contributed by atoms with Gasteiger partial charge in [0.25, 0.3) is 0 Å². The monoisotopic (exact) mass is 217 g/mol. The summed E-state index contributed by atoms with van der Waals surface area (Å²) in [5.74, 6) is -0.850. The second kappa shape index (κ2) is 3.71. The van der Waals surface area contributed by atoms with Crippen molar-refractivity contribution in [3.05, 3.63) is 34.7 Å². The molecule has 1 aromatic heterocycles. The molecule has 0 atom stereocenters. The topological polar surface area (TPSA) is 61.1 Å². The zero-order valence-electron chi connectivity index (χ0n) is 7.73. The minimum absolute atomic E-state index is 0.00881. The minimum atomic E-state index is -0.850. The van der Waals surface area contributed by atoms with Gasteiger partial charge in [0.2, 0.25) is 0 Å². The summed E-state index contributed by atoms with van der Waals surface area (Å²) in [7, 11) is 0. The smallest absolute Gasteiger partial charge is 0.307 e. The van der Waals surface area contributed by atoms with E-state index < -0.39 is 5.97 Å². The number of hydrogen-bond acceptors (Lipinski definition) is 3. The van der Waals surface area contributed by atoms with E-state index in [0.29, 0.717) is 5.56 Å². The molecule has 0 fully saturated rings. The van der Waals surface area contributed by atoms with E-state index >= 15 is 0 Å². The predicted octanol–water partition coefficient (Wildman–Crippen LogP) is 2.40. The second-order valence-corrected chi connectivity index (χ2v) is 4.07. The van der Waals surface area contributed by atoms with Crippen LogP contribution in [0.2, 0.25) is 0 Å².